The number of hydrogen-bond acceptors (Lipinski definition) is 14. The van der Waals surface area contributed by atoms with E-state index in [1.807, 2.05) is 68.9 Å². The number of anilines is 2. The average molecular weight is 958 g/mol. The zero-order valence-electron chi connectivity index (χ0n) is 39.9. The largest absolute Gasteiger partial charge is 0.382 e. The van der Waals surface area contributed by atoms with Crippen LogP contribution in [0, 0.1) is 13.8 Å². The number of H-pyrrole nitrogens is 1. The number of ether oxygens (including phenoxy) is 2. The summed E-state index contributed by atoms with van der Waals surface area (Å²) in [6.07, 6.45) is 4.04. The van der Waals surface area contributed by atoms with Crippen LogP contribution in [0.15, 0.2) is 65.7 Å². The molecule has 368 valence electrons. The molecule has 20 heteroatoms. The van der Waals surface area contributed by atoms with Gasteiger partial charge in [-0.15, -0.1) is 0 Å². The van der Waals surface area contributed by atoms with Gasteiger partial charge in [0, 0.05) is 105 Å². The van der Waals surface area contributed by atoms with Gasteiger partial charge in [0.2, 0.25) is 17.7 Å². The van der Waals surface area contributed by atoms with E-state index in [2.05, 4.69) is 41.1 Å². The number of pyridine rings is 2. The third-order valence-corrected chi connectivity index (χ3v) is 12.8. The topological polar surface area (TPSA) is 242 Å². The predicted octanol–water partition coefficient (Wildman–Crippen LogP) is 3.09. The van der Waals surface area contributed by atoms with Gasteiger partial charge in [-0.3, -0.25) is 53.4 Å². The summed E-state index contributed by atoms with van der Waals surface area (Å²) >= 11 is 0. The van der Waals surface area contributed by atoms with Crippen LogP contribution in [0.4, 0.5) is 11.5 Å². The summed E-state index contributed by atoms with van der Waals surface area (Å²) in [5.41, 5.74) is 5.69. The Balaban J connectivity index is 0.718. The number of aryl methyl sites for hydroxylation is 2. The molecular weight excluding hydrogens is 899 g/mol. The van der Waals surface area contributed by atoms with Crippen molar-refractivity contribution in [1.82, 2.24) is 45.5 Å². The van der Waals surface area contributed by atoms with Crippen LogP contribution in [0.5, 0.6) is 0 Å². The van der Waals surface area contributed by atoms with Gasteiger partial charge in [0.25, 0.3) is 23.3 Å². The normalized spacial score (nSPS) is 16.3. The SMILES string of the molecule is Cc1cc(C)c(CNC(=O)c2cc(-c3ccc(N4CCN(CCC(=O)NCCOCCOCCNc5cccc6c5C(=O)N(C5CCC(=O)NC5=O)C6=O)CC4)nc3)cc3c2cnn3C(C)C)c(=O)[nH]1. The van der Waals surface area contributed by atoms with E-state index in [0.717, 1.165) is 70.2 Å². The molecule has 5 N–H and O–H groups in total. The Hall–Kier alpha value is -7.29. The molecule has 6 heterocycles. The van der Waals surface area contributed by atoms with Gasteiger partial charge in [-0.05, 0) is 87.7 Å². The second-order valence-electron chi connectivity index (χ2n) is 17.9. The number of aromatic nitrogens is 4. The number of piperidine rings is 1. The molecule has 70 heavy (non-hydrogen) atoms. The predicted molar refractivity (Wildman–Crippen MR) is 261 cm³/mol. The summed E-state index contributed by atoms with van der Waals surface area (Å²) in [5, 5.41) is 16.5. The van der Waals surface area contributed by atoms with Crippen molar-refractivity contribution in [3.8, 4) is 11.1 Å². The molecule has 3 aromatic heterocycles. The standard InChI is InChI=1S/C50H59N11O9/c1-30(2)61-41-26-34(25-36(38(41)29-55-61)46(64)54-28-37-31(3)24-32(4)56-47(37)65)33-8-10-42(53-27-33)59-18-16-58(17-19-59)15-12-43(62)52-14-21-70-23-22-69-20-13-51-39-7-5-6-35-45(39)50(68)60(49(35)67)40-9-11-44(63)57-48(40)66/h5-8,10,24-27,29-30,40,51H,9,11-23,28H2,1-4H3,(H,52,62)(H,54,64)(H,56,65)(H,57,63,66). The van der Waals surface area contributed by atoms with Crippen LogP contribution in [-0.2, 0) is 30.4 Å². The lowest BCUT2D eigenvalue weighted by atomic mass is 10.0. The van der Waals surface area contributed by atoms with Gasteiger partial charge < -0.3 is 35.3 Å². The Morgan fingerprint density at radius 1 is 0.857 bits per heavy atom. The number of piperazine rings is 1. The smallest absolute Gasteiger partial charge is 0.264 e. The van der Waals surface area contributed by atoms with E-state index in [-0.39, 0.29) is 53.9 Å². The number of nitrogens with one attached hydrogen (secondary N) is 5. The molecule has 20 nitrogen and oxygen atoms in total. The van der Waals surface area contributed by atoms with Crippen molar-refractivity contribution in [2.75, 3.05) is 82.5 Å². The highest BCUT2D eigenvalue weighted by Gasteiger charge is 2.45. The fourth-order valence-electron chi connectivity index (χ4n) is 9.07. The van der Waals surface area contributed by atoms with E-state index >= 15 is 0 Å². The van der Waals surface area contributed by atoms with Gasteiger partial charge in [-0.1, -0.05) is 6.07 Å². The summed E-state index contributed by atoms with van der Waals surface area (Å²) < 4.78 is 13.2. The number of amides is 6. The molecule has 6 amide bonds. The average Bonchev–Trinajstić information content (AvgIpc) is 3.89. The van der Waals surface area contributed by atoms with Crippen molar-refractivity contribution in [3.63, 3.8) is 0 Å². The Labute approximate surface area is 404 Å². The van der Waals surface area contributed by atoms with Gasteiger partial charge in [0.1, 0.15) is 11.9 Å². The van der Waals surface area contributed by atoms with Gasteiger partial charge in [-0.2, -0.15) is 5.10 Å². The number of benzene rings is 2. The minimum atomic E-state index is -1.03. The number of hydrogen-bond donors (Lipinski definition) is 5. The van der Waals surface area contributed by atoms with Crippen LogP contribution in [0.2, 0.25) is 0 Å². The van der Waals surface area contributed by atoms with E-state index in [1.54, 1.807) is 24.4 Å². The lowest BCUT2D eigenvalue weighted by molar-refractivity contribution is -0.136. The number of rotatable bonds is 20. The van der Waals surface area contributed by atoms with Crippen LogP contribution >= 0.6 is 0 Å². The van der Waals surface area contributed by atoms with E-state index < -0.39 is 29.7 Å². The Kier molecular flexibility index (Phi) is 15.4. The first-order valence-corrected chi connectivity index (χ1v) is 23.7. The van der Waals surface area contributed by atoms with E-state index in [1.165, 1.54) is 0 Å². The molecule has 0 spiro atoms. The zero-order valence-corrected chi connectivity index (χ0v) is 39.9. The maximum Gasteiger partial charge on any atom is 0.264 e. The quantitative estimate of drug-likeness (QED) is 0.0557. The van der Waals surface area contributed by atoms with Crippen molar-refractivity contribution in [3.05, 3.63) is 105 Å². The highest BCUT2D eigenvalue weighted by Crippen LogP contribution is 2.33. The van der Waals surface area contributed by atoms with Crippen LogP contribution in [0.1, 0.15) is 87.0 Å². The van der Waals surface area contributed by atoms with Crippen LogP contribution in [0.25, 0.3) is 22.0 Å². The molecule has 0 aliphatic carbocycles. The fourth-order valence-corrected chi connectivity index (χ4v) is 9.07. The minimum Gasteiger partial charge on any atom is -0.382 e. The summed E-state index contributed by atoms with van der Waals surface area (Å²) in [7, 11) is 0. The number of carbonyl (C=O) groups is 6. The second-order valence-corrected chi connectivity index (χ2v) is 17.9. The first-order valence-electron chi connectivity index (χ1n) is 23.7. The molecule has 3 aliphatic rings. The molecular formula is C50H59N11O9. The summed E-state index contributed by atoms with van der Waals surface area (Å²) in [6, 6.07) is 13.7. The second kappa shape index (κ2) is 22.0. The number of fused-ring (bicyclic) bond motifs is 2. The molecule has 3 aliphatic heterocycles. The third-order valence-electron chi connectivity index (χ3n) is 12.8. The molecule has 1 atom stereocenters. The molecule has 0 bridgehead atoms. The number of nitrogens with zero attached hydrogens (tertiary/aromatic N) is 6. The van der Waals surface area contributed by atoms with Crippen LogP contribution in [-0.4, -0.2) is 143 Å². The zero-order chi connectivity index (χ0) is 49.5. The first-order chi connectivity index (χ1) is 33.8. The first kappa shape index (κ1) is 49.1. The van der Waals surface area contributed by atoms with Crippen molar-refractivity contribution < 1.29 is 38.2 Å². The molecule has 5 aromatic rings. The van der Waals surface area contributed by atoms with E-state index in [9.17, 15) is 33.6 Å². The minimum absolute atomic E-state index is 0.0499. The summed E-state index contributed by atoms with van der Waals surface area (Å²) in [4.78, 5) is 102. The molecule has 8 rings (SSSR count). The fraction of sp³-hybridized carbons (Fsp3) is 0.420. The number of aromatic amines is 1. The molecule has 2 saturated heterocycles. The summed E-state index contributed by atoms with van der Waals surface area (Å²) in [5.74, 6) is -1.73. The molecule has 0 radical (unpaired) electrons. The van der Waals surface area contributed by atoms with Crippen LogP contribution < -0.4 is 31.7 Å². The van der Waals surface area contributed by atoms with Crippen molar-refractivity contribution in [2.45, 2.75) is 65.6 Å². The van der Waals surface area contributed by atoms with E-state index in [4.69, 9.17) is 14.5 Å². The molecule has 2 aromatic carbocycles. The highest BCUT2D eigenvalue weighted by molar-refractivity contribution is 6.25. The lowest BCUT2D eigenvalue weighted by Gasteiger charge is -2.35. The maximum absolute atomic E-state index is 13.7. The third kappa shape index (κ3) is 11.1. The molecule has 1 unspecified atom stereocenters. The van der Waals surface area contributed by atoms with Gasteiger partial charge in [0.15, 0.2) is 0 Å². The lowest BCUT2D eigenvalue weighted by Crippen LogP contribution is -2.54. The van der Waals surface area contributed by atoms with Gasteiger partial charge in [-0.25, -0.2) is 4.98 Å². The van der Waals surface area contributed by atoms with Crippen molar-refractivity contribution in [2.24, 2.45) is 0 Å². The number of carbonyl (C=O) groups excluding carboxylic acids is 6. The molecule has 0 saturated carbocycles. The summed E-state index contributed by atoms with van der Waals surface area (Å²) in [6.45, 7) is 13.6. The van der Waals surface area contributed by atoms with E-state index in [0.29, 0.717) is 69.3 Å². The van der Waals surface area contributed by atoms with Gasteiger partial charge >= 0.3 is 0 Å². The molecule has 2 fully saturated rings. The highest BCUT2D eigenvalue weighted by atomic mass is 16.5. The van der Waals surface area contributed by atoms with Gasteiger partial charge in [0.05, 0.1) is 54.8 Å². The Morgan fingerprint density at radius 3 is 2.34 bits per heavy atom. The monoisotopic (exact) mass is 957 g/mol. The maximum atomic E-state index is 13.7. The Bertz CT molecular complexity index is 2850. The Morgan fingerprint density at radius 2 is 1.63 bits per heavy atom. The number of imide groups is 2. The van der Waals surface area contributed by atoms with Crippen LogP contribution in [0.3, 0.4) is 0 Å². The van der Waals surface area contributed by atoms with Crippen molar-refractivity contribution >= 4 is 57.9 Å². The van der Waals surface area contributed by atoms with Crippen molar-refractivity contribution in [1.29, 1.82) is 0 Å².